The average molecular weight is 410 g/mol. The molecule has 0 aliphatic carbocycles. The number of ether oxygens (including phenoxy) is 5. The number of carbonyl (C=O) groups is 1. The van der Waals surface area contributed by atoms with Gasteiger partial charge < -0.3 is 23.7 Å². The van der Waals surface area contributed by atoms with Crippen LogP contribution >= 0.6 is 0 Å². The van der Waals surface area contributed by atoms with Gasteiger partial charge in [-0.3, -0.25) is 4.79 Å². The van der Waals surface area contributed by atoms with Crippen molar-refractivity contribution < 1.29 is 28.5 Å². The van der Waals surface area contributed by atoms with Gasteiger partial charge in [-0.15, -0.1) is 0 Å². The highest BCUT2D eigenvalue weighted by atomic mass is 16.7. The first-order valence-electron chi connectivity index (χ1n) is 10.0. The summed E-state index contributed by atoms with van der Waals surface area (Å²) < 4.78 is 27.6. The number of carbonyl (C=O) groups excluding carboxylic acids is 1. The van der Waals surface area contributed by atoms with Crippen LogP contribution < -0.4 is 18.9 Å². The van der Waals surface area contributed by atoms with Gasteiger partial charge in [0.1, 0.15) is 6.61 Å². The quantitative estimate of drug-likeness (QED) is 0.502. The van der Waals surface area contributed by atoms with Crippen LogP contribution in [-0.4, -0.2) is 33.1 Å². The van der Waals surface area contributed by atoms with Crippen LogP contribution in [0, 0.1) is 5.92 Å². The van der Waals surface area contributed by atoms with Gasteiger partial charge in [0.15, 0.2) is 23.0 Å². The van der Waals surface area contributed by atoms with Gasteiger partial charge in [0.25, 0.3) is 0 Å². The van der Waals surface area contributed by atoms with E-state index in [0.29, 0.717) is 36.9 Å². The number of esters is 1. The van der Waals surface area contributed by atoms with Gasteiger partial charge in [-0.2, -0.15) is 0 Å². The van der Waals surface area contributed by atoms with Gasteiger partial charge in [0.05, 0.1) is 19.6 Å². The van der Waals surface area contributed by atoms with Crippen molar-refractivity contribution >= 4 is 5.97 Å². The first kappa shape index (κ1) is 20.1. The summed E-state index contributed by atoms with van der Waals surface area (Å²) >= 11 is 0. The fourth-order valence-corrected chi connectivity index (χ4v) is 3.77. The van der Waals surface area contributed by atoms with E-state index >= 15 is 0 Å². The number of cyclic esters (lactones) is 1. The fraction of sp³-hybridized carbons (Fsp3) is 0.375. The number of allylic oxidation sites excluding steroid dienone is 1. The Bertz CT molecular complexity index is 960. The molecule has 0 aromatic heterocycles. The number of rotatable bonds is 7. The Labute approximate surface area is 176 Å². The van der Waals surface area contributed by atoms with Crippen molar-refractivity contribution in [2.45, 2.75) is 26.2 Å². The molecule has 2 aromatic carbocycles. The average Bonchev–Trinajstić information content (AvgIpc) is 3.35. The van der Waals surface area contributed by atoms with Gasteiger partial charge >= 0.3 is 5.97 Å². The zero-order valence-corrected chi connectivity index (χ0v) is 17.5. The van der Waals surface area contributed by atoms with Crippen molar-refractivity contribution in [2.24, 2.45) is 5.92 Å². The molecule has 1 fully saturated rings. The highest BCUT2D eigenvalue weighted by molar-refractivity contribution is 5.76. The second kappa shape index (κ2) is 8.69. The third-order valence-corrected chi connectivity index (χ3v) is 5.43. The molecule has 30 heavy (non-hydrogen) atoms. The van der Waals surface area contributed by atoms with Crippen LogP contribution in [-0.2, 0) is 16.0 Å². The van der Waals surface area contributed by atoms with E-state index in [1.165, 1.54) is 5.57 Å². The summed E-state index contributed by atoms with van der Waals surface area (Å²) in [6, 6.07) is 11.6. The molecule has 2 aromatic rings. The predicted octanol–water partition coefficient (Wildman–Crippen LogP) is 4.27. The summed E-state index contributed by atoms with van der Waals surface area (Å²) in [5.74, 6) is 2.29. The lowest BCUT2D eigenvalue weighted by atomic mass is 9.84. The van der Waals surface area contributed by atoms with Gasteiger partial charge in [0.2, 0.25) is 6.79 Å². The summed E-state index contributed by atoms with van der Waals surface area (Å²) in [5.41, 5.74) is 3.21. The molecule has 2 atom stereocenters. The van der Waals surface area contributed by atoms with E-state index in [1.54, 1.807) is 7.11 Å². The van der Waals surface area contributed by atoms with Crippen molar-refractivity contribution in [3.8, 4) is 23.0 Å². The van der Waals surface area contributed by atoms with E-state index < -0.39 is 0 Å². The number of hydrogen-bond donors (Lipinski definition) is 0. The fourth-order valence-electron chi connectivity index (χ4n) is 3.77. The molecule has 0 saturated carbocycles. The van der Waals surface area contributed by atoms with E-state index in [0.717, 1.165) is 16.9 Å². The summed E-state index contributed by atoms with van der Waals surface area (Å²) in [7, 11) is 1.62. The van der Waals surface area contributed by atoms with Gasteiger partial charge in [-0.05, 0) is 61.7 Å². The molecule has 6 nitrogen and oxygen atoms in total. The molecule has 0 N–H and O–H groups in total. The molecule has 2 aliphatic rings. The topological polar surface area (TPSA) is 63.2 Å². The zero-order chi connectivity index (χ0) is 21.1. The second-order valence-electron chi connectivity index (χ2n) is 7.74. The molecule has 1 saturated heterocycles. The summed E-state index contributed by atoms with van der Waals surface area (Å²) in [4.78, 5) is 12.5. The van der Waals surface area contributed by atoms with Gasteiger partial charge in [-0.1, -0.05) is 17.7 Å². The standard InChI is InChI=1S/C24H26O6/c1-15(2)8-9-27-20-6-4-16(11-22(20)26-3)10-18-19(13-28-24(18)25)17-5-7-21-23(12-17)30-14-29-21/h4-8,11-12,18-19H,9-10,13-14H2,1-3H3/t18-,19-/m1/s1. The van der Waals surface area contributed by atoms with Crippen LogP contribution in [0.15, 0.2) is 48.0 Å². The number of fused-ring (bicyclic) bond motifs is 1. The van der Waals surface area contributed by atoms with Crippen molar-refractivity contribution in [1.29, 1.82) is 0 Å². The van der Waals surface area contributed by atoms with Gasteiger partial charge in [-0.25, -0.2) is 0 Å². The van der Waals surface area contributed by atoms with Gasteiger partial charge in [0, 0.05) is 5.92 Å². The summed E-state index contributed by atoms with van der Waals surface area (Å²) in [6.07, 6.45) is 2.57. The minimum absolute atomic E-state index is 0.0356. The highest BCUT2D eigenvalue weighted by Gasteiger charge is 2.38. The Morgan fingerprint density at radius 3 is 2.70 bits per heavy atom. The molecule has 158 valence electrons. The first-order chi connectivity index (χ1) is 14.5. The minimum atomic E-state index is -0.271. The van der Waals surface area contributed by atoms with E-state index in [-0.39, 0.29) is 24.6 Å². The summed E-state index contributed by atoms with van der Waals surface area (Å²) in [6.45, 7) is 5.13. The molecule has 0 unspecified atom stereocenters. The Morgan fingerprint density at radius 1 is 1.07 bits per heavy atom. The zero-order valence-electron chi connectivity index (χ0n) is 17.5. The first-order valence-corrected chi connectivity index (χ1v) is 10.0. The smallest absolute Gasteiger partial charge is 0.310 e. The number of benzene rings is 2. The number of hydrogen-bond acceptors (Lipinski definition) is 6. The maximum absolute atomic E-state index is 12.5. The SMILES string of the molecule is COc1cc(C[C@H]2C(=O)OC[C@@H]2c2ccc3c(c2)OCO3)ccc1OCC=C(C)C. The lowest BCUT2D eigenvalue weighted by molar-refractivity contribution is -0.141. The van der Waals surface area contributed by atoms with Crippen molar-refractivity contribution in [2.75, 3.05) is 27.1 Å². The van der Waals surface area contributed by atoms with Crippen LogP contribution in [0.3, 0.4) is 0 Å². The molecule has 0 amide bonds. The molecule has 0 bridgehead atoms. The third kappa shape index (κ3) is 4.22. The Morgan fingerprint density at radius 2 is 1.90 bits per heavy atom. The third-order valence-electron chi connectivity index (χ3n) is 5.43. The Kier molecular flexibility index (Phi) is 5.84. The molecule has 2 aliphatic heterocycles. The van der Waals surface area contributed by atoms with E-state index in [1.807, 2.05) is 56.3 Å². The maximum Gasteiger partial charge on any atom is 0.310 e. The van der Waals surface area contributed by atoms with Crippen LogP contribution in [0.2, 0.25) is 0 Å². The molecule has 0 spiro atoms. The van der Waals surface area contributed by atoms with Crippen molar-refractivity contribution in [1.82, 2.24) is 0 Å². The molecule has 0 radical (unpaired) electrons. The van der Waals surface area contributed by atoms with E-state index in [4.69, 9.17) is 23.7 Å². The Balaban J connectivity index is 1.51. The van der Waals surface area contributed by atoms with Crippen LogP contribution in [0.25, 0.3) is 0 Å². The lowest BCUT2D eigenvalue weighted by Crippen LogP contribution is -2.17. The van der Waals surface area contributed by atoms with E-state index in [9.17, 15) is 4.79 Å². The molecular formula is C24H26O6. The summed E-state index contributed by atoms with van der Waals surface area (Å²) in [5, 5.41) is 0. The molecule has 4 rings (SSSR count). The predicted molar refractivity (Wildman–Crippen MR) is 111 cm³/mol. The monoisotopic (exact) mass is 410 g/mol. The van der Waals surface area contributed by atoms with Crippen LogP contribution in [0.4, 0.5) is 0 Å². The molecule has 2 heterocycles. The normalized spacial score (nSPS) is 19.4. The lowest BCUT2D eigenvalue weighted by Gasteiger charge is -2.17. The second-order valence-corrected chi connectivity index (χ2v) is 7.74. The molecular weight excluding hydrogens is 384 g/mol. The van der Waals surface area contributed by atoms with Crippen molar-refractivity contribution in [3.05, 3.63) is 59.2 Å². The van der Waals surface area contributed by atoms with E-state index in [2.05, 4.69) is 0 Å². The minimum Gasteiger partial charge on any atom is -0.493 e. The largest absolute Gasteiger partial charge is 0.493 e. The number of methoxy groups -OCH3 is 1. The van der Waals surface area contributed by atoms with Crippen LogP contribution in [0.5, 0.6) is 23.0 Å². The Hall–Kier alpha value is -3.15. The maximum atomic E-state index is 12.5. The van der Waals surface area contributed by atoms with Crippen LogP contribution in [0.1, 0.15) is 30.9 Å². The molecule has 6 heteroatoms. The highest BCUT2D eigenvalue weighted by Crippen LogP contribution is 2.40. The van der Waals surface area contributed by atoms with Crippen molar-refractivity contribution in [3.63, 3.8) is 0 Å².